The summed E-state index contributed by atoms with van der Waals surface area (Å²) in [6.07, 6.45) is 0. The van der Waals surface area contributed by atoms with E-state index in [1.54, 1.807) is 0 Å². The van der Waals surface area contributed by atoms with E-state index in [9.17, 15) is 0 Å². The van der Waals surface area contributed by atoms with Crippen molar-refractivity contribution in [3.63, 3.8) is 0 Å². The summed E-state index contributed by atoms with van der Waals surface area (Å²) in [5.74, 6) is 0.672. The molecule has 15 rings (SSSR count). The Bertz CT molecular complexity index is 4510. The molecule has 0 N–H and O–H groups in total. The molecule has 1 aliphatic carbocycles. The first kappa shape index (κ1) is 47.9. The minimum absolute atomic E-state index is 0.0487. The fraction of sp³-hybridized carbons (Fsp3) is 0.0130. The molecule has 0 amide bonds. The third-order valence-electron chi connectivity index (χ3n) is 16.6. The molecule has 0 spiro atoms. The van der Waals surface area contributed by atoms with Gasteiger partial charge in [-0.1, -0.05) is 285 Å². The quantitative estimate of drug-likeness (QED) is 0.0955. The van der Waals surface area contributed by atoms with Crippen LogP contribution < -0.4 is 20.7 Å². The molecule has 0 saturated heterocycles. The van der Waals surface area contributed by atoms with Gasteiger partial charge in [-0.05, 0) is 112 Å². The van der Waals surface area contributed by atoms with Gasteiger partial charge in [0.15, 0.2) is 8.07 Å². The summed E-state index contributed by atoms with van der Waals surface area (Å²) in [4.78, 5) is 11.3. The molecule has 1 unspecified atom stereocenters. The summed E-state index contributed by atoms with van der Waals surface area (Å²) in [6, 6.07) is 116. The molecular weight excluding hydrogens is 995 g/mol. The van der Waals surface area contributed by atoms with E-state index in [0.29, 0.717) is 5.95 Å². The van der Waals surface area contributed by atoms with Crippen LogP contribution >= 0.6 is 0 Å². The summed E-state index contributed by atoms with van der Waals surface area (Å²) >= 11 is 0. The van der Waals surface area contributed by atoms with Crippen LogP contribution in [0.5, 0.6) is 0 Å². The number of nitrogens with zero attached hydrogens (tertiary/aromatic N) is 3. The second kappa shape index (κ2) is 20.2. The molecule has 2 heterocycles. The Morgan fingerprint density at radius 3 is 1.25 bits per heavy atom. The standard InChI is InChI=1S/C77H53N3Si/c1-5-23-53(24-6-1)56-29-20-36-63(48-56)81(62-34-11-4-12-35-62,64-37-21-30-57(49-64)54-25-7-2-8-26-54)65-38-22-32-60(50-65)73-52-72(78-77(79-73)80-74-43-17-15-40-67(74)68-41-16-18-44-75(68)80)59-31-19-33-61(47-59)76-69-42-14-13-39-66(69)71-51-58(45-46-70(71)76)55-27-9-3-10-28-55/h1-52,76H. The Hall–Kier alpha value is -10.3. The minimum atomic E-state index is -3.16. The summed E-state index contributed by atoms with van der Waals surface area (Å²) in [6.45, 7) is 0. The van der Waals surface area contributed by atoms with Gasteiger partial charge in [0, 0.05) is 27.8 Å². The minimum Gasteiger partial charge on any atom is -0.278 e. The van der Waals surface area contributed by atoms with Gasteiger partial charge in [-0.2, -0.15) is 0 Å². The van der Waals surface area contributed by atoms with Crippen LogP contribution in [0, 0.1) is 0 Å². The molecule has 0 bridgehead atoms. The third-order valence-corrected chi connectivity index (χ3v) is 21.4. The lowest BCUT2D eigenvalue weighted by molar-refractivity contribution is 0.992. The number of rotatable bonds is 11. The predicted octanol–water partition coefficient (Wildman–Crippen LogP) is 16.4. The van der Waals surface area contributed by atoms with Gasteiger partial charge in [0.05, 0.1) is 22.4 Å². The number of para-hydroxylation sites is 2. The van der Waals surface area contributed by atoms with Crippen molar-refractivity contribution < 1.29 is 0 Å². The summed E-state index contributed by atoms with van der Waals surface area (Å²) in [7, 11) is -3.16. The average molecular weight is 1050 g/mol. The van der Waals surface area contributed by atoms with Crippen molar-refractivity contribution >= 4 is 50.6 Å². The first-order valence-electron chi connectivity index (χ1n) is 27.9. The molecule has 14 aromatic rings. The molecule has 12 aromatic carbocycles. The molecule has 1 atom stereocenters. The lowest BCUT2D eigenvalue weighted by atomic mass is 9.87. The van der Waals surface area contributed by atoms with E-state index in [1.165, 1.54) is 81.9 Å². The maximum atomic E-state index is 5.68. The summed E-state index contributed by atoms with van der Waals surface area (Å²) < 4.78 is 2.26. The number of aromatic nitrogens is 3. The van der Waals surface area contributed by atoms with Gasteiger partial charge < -0.3 is 0 Å². The van der Waals surface area contributed by atoms with E-state index in [-0.39, 0.29) is 5.92 Å². The highest BCUT2D eigenvalue weighted by atomic mass is 28.3. The van der Waals surface area contributed by atoms with Gasteiger partial charge in [0.2, 0.25) is 5.95 Å². The average Bonchev–Trinajstić information content (AvgIpc) is 4.29. The SMILES string of the molecule is c1ccc(-c2cccc([Si](c3ccccc3)(c3cccc(-c4ccccc4)c3)c3cccc(-c4cc(-c5cccc(C6c7ccccc7-c7cc(-c8ccccc8)ccc76)c5)nc(-n5c6ccccc6c6ccccc65)n4)c3)c2)cc1. The van der Waals surface area contributed by atoms with E-state index < -0.39 is 8.07 Å². The Labute approximate surface area is 473 Å². The monoisotopic (exact) mass is 1050 g/mol. The Morgan fingerprint density at radius 2 is 0.679 bits per heavy atom. The van der Waals surface area contributed by atoms with E-state index in [0.717, 1.165) is 44.3 Å². The van der Waals surface area contributed by atoms with E-state index in [1.807, 2.05) is 0 Å². The maximum absolute atomic E-state index is 5.68. The number of fused-ring (bicyclic) bond motifs is 6. The van der Waals surface area contributed by atoms with Crippen LogP contribution in [0.1, 0.15) is 22.6 Å². The molecule has 4 heteroatoms. The Balaban J connectivity index is 0.948. The second-order valence-corrected chi connectivity index (χ2v) is 25.0. The zero-order valence-corrected chi connectivity index (χ0v) is 45.4. The fourth-order valence-corrected chi connectivity index (χ4v) is 17.8. The lowest BCUT2D eigenvalue weighted by Gasteiger charge is -2.35. The maximum Gasteiger partial charge on any atom is 0.235 e. The van der Waals surface area contributed by atoms with Crippen LogP contribution in [0.25, 0.3) is 94.8 Å². The molecule has 380 valence electrons. The molecule has 3 nitrogen and oxygen atoms in total. The van der Waals surface area contributed by atoms with Crippen molar-refractivity contribution in [2.24, 2.45) is 0 Å². The molecule has 81 heavy (non-hydrogen) atoms. The van der Waals surface area contributed by atoms with Crippen LogP contribution in [0.3, 0.4) is 0 Å². The zero-order chi connectivity index (χ0) is 53.7. The lowest BCUT2D eigenvalue weighted by Crippen LogP contribution is -2.74. The number of hydrogen-bond donors (Lipinski definition) is 0. The Kier molecular flexibility index (Phi) is 11.9. The van der Waals surface area contributed by atoms with Crippen molar-refractivity contribution in [2.45, 2.75) is 5.92 Å². The van der Waals surface area contributed by atoms with E-state index in [4.69, 9.17) is 9.97 Å². The topological polar surface area (TPSA) is 30.7 Å². The smallest absolute Gasteiger partial charge is 0.235 e. The van der Waals surface area contributed by atoms with Crippen molar-refractivity contribution in [3.05, 3.63) is 332 Å². The highest BCUT2D eigenvalue weighted by Gasteiger charge is 2.42. The molecular formula is C77H53N3Si. The summed E-state index contributed by atoms with van der Waals surface area (Å²) in [5.41, 5.74) is 19.5. The van der Waals surface area contributed by atoms with Crippen molar-refractivity contribution in [2.75, 3.05) is 0 Å². The fourth-order valence-electron chi connectivity index (χ4n) is 12.9. The molecule has 0 saturated carbocycles. The van der Waals surface area contributed by atoms with Crippen LogP contribution in [0.2, 0.25) is 0 Å². The van der Waals surface area contributed by atoms with Crippen LogP contribution in [-0.2, 0) is 0 Å². The first-order chi connectivity index (χ1) is 40.2. The van der Waals surface area contributed by atoms with Crippen LogP contribution in [0.15, 0.2) is 315 Å². The van der Waals surface area contributed by atoms with Gasteiger partial charge >= 0.3 is 0 Å². The normalized spacial score (nSPS) is 12.8. The molecule has 0 fully saturated rings. The number of benzene rings is 12. The zero-order valence-electron chi connectivity index (χ0n) is 44.4. The summed E-state index contributed by atoms with van der Waals surface area (Å²) in [5, 5.41) is 7.49. The molecule has 0 radical (unpaired) electrons. The van der Waals surface area contributed by atoms with Crippen molar-refractivity contribution in [1.82, 2.24) is 14.5 Å². The highest BCUT2D eigenvalue weighted by molar-refractivity contribution is 7.20. The van der Waals surface area contributed by atoms with Gasteiger partial charge in [-0.15, -0.1) is 0 Å². The van der Waals surface area contributed by atoms with Crippen molar-refractivity contribution in [1.29, 1.82) is 0 Å². The first-order valence-corrected chi connectivity index (χ1v) is 29.9. The number of hydrogen-bond acceptors (Lipinski definition) is 2. The molecule has 1 aliphatic rings. The van der Waals surface area contributed by atoms with E-state index in [2.05, 4.69) is 320 Å². The largest absolute Gasteiger partial charge is 0.278 e. The van der Waals surface area contributed by atoms with Crippen LogP contribution in [0.4, 0.5) is 0 Å². The highest BCUT2D eigenvalue weighted by Crippen LogP contribution is 2.49. The predicted molar refractivity (Wildman–Crippen MR) is 340 cm³/mol. The third kappa shape index (κ3) is 8.35. The van der Waals surface area contributed by atoms with E-state index >= 15 is 0 Å². The van der Waals surface area contributed by atoms with Crippen molar-refractivity contribution in [3.8, 4) is 73.0 Å². The molecule has 2 aromatic heterocycles. The molecule has 0 aliphatic heterocycles. The van der Waals surface area contributed by atoms with Gasteiger partial charge in [0.25, 0.3) is 0 Å². The van der Waals surface area contributed by atoms with Gasteiger partial charge in [-0.25, -0.2) is 9.97 Å². The van der Waals surface area contributed by atoms with Crippen LogP contribution in [-0.4, -0.2) is 22.6 Å². The Morgan fingerprint density at radius 1 is 0.272 bits per heavy atom. The van der Waals surface area contributed by atoms with Gasteiger partial charge in [-0.3, -0.25) is 4.57 Å². The van der Waals surface area contributed by atoms with Gasteiger partial charge in [0.1, 0.15) is 0 Å². The second-order valence-electron chi connectivity index (χ2n) is 21.2.